The number of hydrogen-bond donors (Lipinski definition) is 0. The van der Waals surface area contributed by atoms with Crippen LogP contribution in [0, 0.1) is 5.92 Å². The smallest absolute Gasteiger partial charge is 0.263 e. The Morgan fingerprint density at radius 3 is 2.32 bits per heavy atom. The zero-order valence-corrected chi connectivity index (χ0v) is 17.4. The molecule has 0 bridgehead atoms. The van der Waals surface area contributed by atoms with Crippen molar-refractivity contribution in [2.45, 2.75) is 44.6 Å². The van der Waals surface area contributed by atoms with Crippen molar-refractivity contribution in [3.63, 3.8) is 0 Å². The van der Waals surface area contributed by atoms with Crippen LogP contribution in [0.2, 0.25) is 0 Å². The topological polar surface area (TPSA) is 71.7 Å². The monoisotopic (exact) mass is 401 g/mol. The zero-order valence-electron chi connectivity index (χ0n) is 16.6. The molecule has 2 heterocycles. The number of benzene rings is 1. The minimum atomic E-state index is -3.52. The van der Waals surface area contributed by atoms with Gasteiger partial charge in [-0.25, -0.2) is 8.42 Å². The maximum Gasteiger partial charge on any atom is 0.263 e. The highest BCUT2D eigenvalue weighted by atomic mass is 32.2. The van der Waals surface area contributed by atoms with Gasteiger partial charge >= 0.3 is 0 Å². The van der Waals surface area contributed by atoms with Crippen LogP contribution in [-0.4, -0.2) is 42.3 Å². The van der Waals surface area contributed by atoms with E-state index in [0.717, 1.165) is 12.8 Å². The van der Waals surface area contributed by atoms with Gasteiger partial charge in [0.05, 0.1) is 4.90 Å². The molecule has 1 aliphatic rings. The summed E-state index contributed by atoms with van der Waals surface area (Å²) in [6.45, 7) is 7.13. The lowest BCUT2D eigenvalue weighted by atomic mass is 10.0. The molecule has 1 aromatic carbocycles. The Balaban J connectivity index is 1.86. The molecule has 1 saturated heterocycles. The SMILES string of the molecule is CC1CCN(S(=O)(=O)c2ccc(C(=O)n3ccccc3=NC(C)C)cc2)CC1. The van der Waals surface area contributed by atoms with Crippen molar-refractivity contribution in [1.82, 2.24) is 8.87 Å². The fourth-order valence-electron chi connectivity index (χ4n) is 3.26. The Morgan fingerprint density at radius 1 is 1.07 bits per heavy atom. The van der Waals surface area contributed by atoms with Crippen molar-refractivity contribution in [3.8, 4) is 0 Å². The second-order valence-electron chi connectivity index (χ2n) is 7.57. The van der Waals surface area contributed by atoms with Gasteiger partial charge in [-0.15, -0.1) is 0 Å². The summed E-state index contributed by atoms with van der Waals surface area (Å²) in [4.78, 5) is 17.6. The molecule has 2 aromatic rings. The van der Waals surface area contributed by atoms with E-state index in [0.29, 0.717) is 30.1 Å². The second-order valence-corrected chi connectivity index (χ2v) is 9.51. The number of carbonyl (C=O) groups is 1. The van der Waals surface area contributed by atoms with Gasteiger partial charge in [-0.05, 0) is 69.0 Å². The molecule has 0 unspecified atom stereocenters. The maximum atomic E-state index is 12.9. The molecule has 1 aliphatic heterocycles. The van der Waals surface area contributed by atoms with Gasteiger partial charge in [0.15, 0.2) is 0 Å². The first-order chi connectivity index (χ1) is 13.3. The summed E-state index contributed by atoms with van der Waals surface area (Å²) in [7, 11) is -3.52. The number of sulfonamides is 1. The number of nitrogens with zero attached hydrogens (tertiary/aromatic N) is 3. The molecule has 28 heavy (non-hydrogen) atoms. The first-order valence-corrected chi connectivity index (χ1v) is 11.1. The first-order valence-electron chi connectivity index (χ1n) is 9.65. The molecule has 1 fully saturated rings. The highest BCUT2D eigenvalue weighted by Crippen LogP contribution is 2.23. The van der Waals surface area contributed by atoms with Crippen molar-refractivity contribution in [2.75, 3.05) is 13.1 Å². The van der Waals surface area contributed by atoms with Gasteiger partial charge in [0.25, 0.3) is 5.91 Å². The molecule has 6 nitrogen and oxygen atoms in total. The van der Waals surface area contributed by atoms with Crippen molar-refractivity contribution in [2.24, 2.45) is 10.9 Å². The predicted octanol–water partition coefficient (Wildman–Crippen LogP) is 2.91. The summed E-state index contributed by atoms with van der Waals surface area (Å²) < 4.78 is 28.7. The van der Waals surface area contributed by atoms with Gasteiger partial charge in [-0.1, -0.05) is 13.0 Å². The lowest BCUT2D eigenvalue weighted by molar-refractivity contribution is 0.0954. The van der Waals surface area contributed by atoms with Crippen LogP contribution >= 0.6 is 0 Å². The first kappa shape index (κ1) is 20.5. The molecule has 0 spiro atoms. The van der Waals surface area contributed by atoms with Gasteiger partial charge in [-0.3, -0.25) is 14.4 Å². The summed E-state index contributed by atoms with van der Waals surface area (Å²) in [6.07, 6.45) is 3.42. The van der Waals surface area contributed by atoms with E-state index in [1.54, 1.807) is 30.5 Å². The van der Waals surface area contributed by atoms with Crippen LogP contribution in [0.15, 0.2) is 58.5 Å². The Labute approximate surface area is 166 Å². The fourth-order valence-corrected chi connectivity index (χ4v) is 4.73. The van der Waals surface area contributed by atoms with E-state index < -0.39 is 10.0 Å². The minimum absolute atomic E-state index is 0.0567. The lowest BCUT2D eigenvalue weighted by Gasteiger charge is -2.29. The fraction of sp³-hybridized carbons (Fsp3) is 0.429. The third kappa shape index (κ3) is 4.42. The molecule has 150 valence electrons. The van der Waals surface area contributed by atoms with Crippen molar-refractivity contribution >= 4 is 15.9 Å². The van der Waals surface area contributed by atoms with E-state index in [9.17, 15) is 13.2 Å². The molecule has 7 heteroatoms. The van der Waals surface area contributed by atoms with E-state index in [1.807, 2.05) is 19.9 Å². The zero-order chi connectivity index (χ0) is 20.3. The predicted molar refractivity (Wildman–Crippen MR) is 108 cm³/mol. The molecule has 1 aromatic heterocycles. The van der Waals surface area contributed by atoms with Crippen LogP contribution in [0.5, 0.6) is 0 Å². The molecule has 0 atom stereocenters. The summed E-state index contributed by atoms with van der Waals surface area (Å²) in [5.74, 6) is 0.315. The van der Waals surface area contributed by atoms with Crippen LogP contribution in [0.4, 0.5) is 0 Å². The second kappa shape index (κ2) is 8.41. The Kier molecular flexibility index (Phi) is 6.15. The average molecular weight is 402 g/mol. The van der Waals surface area contributed by atoms with Gasteiger partial charge in [0, 0.05) is 30.9 Å². The highest BCUT2D eigenvalue weighted by Gasteiger charge is 2.28. The highest BCUT2D eigenvalue weighted by molar-refractivity contribution is 7.89. The lowest BCUT2D eigenvalue weighted by Crippen LogP contribution is -2.37. The van der Waals surface area contributed by atoms with Crippen molar-refractivity contribution in [3.05, 3.63) is 59.7 Å². The molecular weight excluding hydrogens is 374 g/mol. The molecule has 0 amide bonds. The Hall–Kier alpha value is -2.25. The standard InChI is InChI=1S/C21H27N3O3S/c1-16(2)22-20-6-4-5-13-24(20)21(25)18-7-9-19(10-8-18)28(26,27)23-14-11-17(3)12-15-23/h4-10,13,16-17H,11-12,14-15H2,1-3H3. The number of carbonyl (C=O) groups excluding carboxylic acids is 1. The Morgan fingerprint density at radius 2 is 1.71 bits per heavy atom. The molecule has 0 saturated carbocycles. The van der Waals surface area contributed by atoms with Crippen LogP contribution in [0.3, 0.4) is 0 Å². The van der Waals surface area contributed by atoms with Crippen molar-refractivity contribution in [1.29, 1.82) is 0 Å². The van der Waals surface area contributed by atoms with Gasteiger partial charge in [-0.2, -0.15) is 4.31 Å². The van der Waals surface area contributed by atoms with Gasteiger partial charge in [0.2, 0.25) is 10.0 Å². The largest absolute Gasteiger partial charge is 0.268 e. The summed E-state index contributed by atoms with van der Waals surface area (Å²) in [5, 5.41) is 0. The van der Waals surface area contributed by atoms with Crippen LogP contribution in [-0.2, 0) is 10.0 Å². The molecule has 0 N–H and O–H groups in total. The quantitative estimate of drug-likeness (QED) is 0.791. The van der Waals surface area contributed by atoms with Crippen LogP contribution < -0.4 is 5.49 Å². The number of piperidine rings is 1. The van der Waals surface area contributed by atoms with E-state index in [2.05, 4.69) is 11.9 Å². The molecule has 0 radical (unpaired) electrons. The van der Waals surface area contributed by atoms with Crippen LogP contribution in [0.25, 0.3) is 0 Å². The van der Waals surface area contributed by atoms with E-state index >= 15 is 0 Å². The van der Waals surface area contributed by atoms with E-state index in [4.69, 9.17) is 0 Å². The molecule has 0 aliphatic carbocycles. The number of hydrogen-bond acceptors (Lipinski definition) is 4. The van der Waals surface area contributed by atoms with Gasteiger partial charge in [0.1, 0.15) is 5.49 Å². The summed E-state index contributed by atoms with van der Waals surface area (Å²) >= 11 is 0. The minimum Gasteiger partial charge on any atom is -0.268 e. The third-order valence-corrected chi connectivity index (χ3v) is 6.84. The van der Waals surface area contributed by atoms with E-state index in [-0.39, 0.29) is 16.8 Å². The number of pyridine rings is 1. The number of rotatable bonds is 4. The summed E-state index contributed by atoms with van der Waals surface area (Å²) in [5.41, 5.74) is 0.990. The maximum absolute atomic E-state index is 12.9. The van der Waals surface area contributed by atoms with Crippen LogP contribution in [0.1, 0.15) is 44.0 Å². The summed E-state index contributed by atoms with van der Waals surface area (Å²) in [6, 6.07) is 11.6. The number of aromatic nitrogens is 1. The van der Waals surface area contributed by atoms with Crippen molar-refractivity contribution < 1.29 is 13.2 Å². The third-order valence-electron chi connectivity index (χ3n) is 4.93. The normalized spacial score (nSPS) is 17.2. The average Bonchev–Trinajstić information content (AvgIpc) is 2.68. The Bertz CT molecular complexity index is 1000. The molecular formula is C21H27N3O3S. The molecule has 3 rings (SSSR count). The van der Waals surface area contributed by atoms with E-state index in [1.165, 1.54) is 21.0 Å². The van der Waals surface area contributed by atoms with Gasteiger partial charge < -0.3 is 0 Å².